The molecule has 2 aliphatic carbocycles. The third-order valence-corrected chi connectivity index (χ3v) is 6.06. The third-order valence-electron chi connectivity index (χ3n) is 5.82. The number of halogens is 1. The number of nitrogens with zero attached hydrogens (tertiary/aromatic N) is 2. The molecule has 1 aromatic rings. The number of carbonyl (C=O) groups excluding carboxylic acids is 1. The summed E-state index contributed by atoms with van der Waals surface area (Å²) in [5, 5.41) is 0.776. The van der Waals surface area contributed by atoms with Crippen molar-refractivity contribution in [3.8, 4) is 0 Å². The van der Waals surface area contributed by atoms with E-state index in [1.807, 2.05) is 18.2 Å². The van der Waals surface area contributed by atoms with E-state index in [-0.39, 0.29) is 0 Å². The number of benzene rings is 1. The van der Waals surface area contributed by atoms with Crippen LogP contribution < -0.4 is 4.90 Å². The van der Waals surface area contributed by atoms with Crippen molar-refractivity contribution in [2.45, 2.75) is 25.7 Å². The molecule has 0 unspecified atom stereocenters. The normalized spacial score (nSPS) is 30.9. The maximum Gasteiger partial charge on any atom is 0.226 e. The predicted octanol–water partition coefficient (Wildman–Crippen LogP) is 3.42. The van der Waals surface area contributed by atoms with Gasteiger partial charge in [-0.05, 0) is 49.3 Å². The average Bonchev–Trinajstić information content (AvgIpc) is 3.17. The fraction of sp³-hybridized carbons (Fsp3) is 0.611. The highest BCUT2D eigenvalue weighted by Gasteiger charge is 2.44. The number of hydrogen-bond donors (Lipinski definition) is 0. The van der Waals surface area contributed by atoms with Crippen LogP contribution in [0, 0.1) is 17.8 Å². The lowest BCUT2D eigenvalue weighted by molar-refractivity contribution is -0.137. The van der Waals surface area contributed by atoms with Crippen LogP contribution >= 0.6 is 11.6 Å². The molecule has 4 rings (SSSR count). The number of anilines is 1. The maximum absolute atomic E-state index is 12.8. The molecule has 0 aromatic heterocycles. The Morgan fingerprint density at radius 2 is 1.91 bits per heavy atom. The Morgan fingerprint density at radius 1 is 1.09 bits per heavy atom. The Morgan fingerprint density at radius 3 is 2.55 bits per heavy atom. The molecule has 0 N–H and O–H groups in total. The average molecular weight is 319 g/mol. The van der Waals surface area contributed by atoms with Crippen LogP contribution in [-0.4, -0.2) is 37.0 Å². The van der Waals surface area contributed by atoms with Gasteiger partial charge >= 0.3 is 0 Å². The van der Waals surface area contributed by atoms with Gasteiger partial charge in [-0.1, -0.05) is 24.1 Å². The van der Waals surface area contributed by atoms with Crippen LogP contribution in [0.25, 0.3) is 0 Å². The minimum atomic E-state index is 0.330. The van der Waals surface area contributed by atoms with E-state index < -0.39 is 0 Å². The highest BCUT2D eigenvalue weighted by Crippen LogP contribution is 2.48. The van der Waals surface area contributed by atoms with Gasteiger partial charge in [0.05, 0.1) is 0 Å². The molecular weight excluding hydrogens is 296 g/mol. The van der Waals surface area contributed by atoms with Gasteiger partial charge < -0.3 is 9.80 Å². The van der Waals surface area contributed by atoms with Gasteiger partial charge in [-0.3, -0.25) is 4.79 Å². The number of piperazine rings is 1. The van der Waals surface area contributed by atoms with Crippen LogP contribution in [0.5, 0.6) is 0 Å². The van der Waals surface area contributed by atoms with E-state index in [4.69, 9.17) is 11.6 Å². The van der Waals surface area contributed by atoms with E-state index in [9.17, 15) is 4.79 Å². The molecule has 3 nitrogen and oxygen atoms in total. The molecule has 1 heterocycles. The summed E-state index contributed by atoms with van der Waals surface area (Å²) in [4.78, 5) is 17.2. The zero-order valence-corrected chi connectivity index (χ0v) is 13.6. The van der Waals surface area contributed by atoms with Gasteiger partial charge in [0.15, 0.2) is 0 Å². The molecule has 2 saturated carbocycles. The van der Waals surface area contributed by atoms with E-state index in [1.165, 1.54) is 24.9 Å². The fourth-order valence-electron chi connectivity index (χ4n) is 4.64. The summed E-state index contributed by atoms with van der Waals surface area (Å²) >= 11 is 6.07. The van der Waals surface area contributed by atoms with E-state index >= 15 is 0 Å². The molecule has 0 radical (unpaired) electrons. The van der Waals surface area contributed by atoms with Crippen molar-refractivity contribution in [3.63, 3.8) is 0 Å². The second-order valence-corrected chi connectivity index (χ2v) is 7.51. The topological polar surface area (TPSA) is 23.6 Å². The summed E-state index contributed by atoms with van der Waals surface area (Å²) in [7, 11) is 0. The Labute approximate surface area is 137 Å². The lowest BCUT2D eigenvalue weighted by atomic mass is 9.87. The first-order valence-electron chi connectivity index (χ1n) is 8.50. The second kappa shape index (κ2) is 5.77. The highest BCUT2D eigenvalue weighted by molar-refractivity contribution is 6.30. The van der Waals surface area contributed by atoms with Gasteiger partial charge in [-0.15, -0.1) is 0 Å². The van der Waals surface area contributed by atoms with Crippen molar-refractivity contribution >= 4 is 23.2 Å². The lowest BCUT2D eigenvalue weighted by Gasteiger charge is -2.38. The maximum atomic E-state index is 12.8. The Hall–Kier alpha value is -1.22. The molecule has 1 aromatic carbocycles. The minimum absolute atomic E-state index is 0.330. The standard InChI is InChI=1S/C18H23ClN2O/c19-15-2-1-3-16(12-15)20-6-8-21(9-7-20)18(22)17-11-13-4-5-14(17)10-13/h1-3,12-14,17H,4-11H2/t13-,14+,17-/m1/s1. The summed E-state index contributed by atoms with van der Waals surface area (Å²) in [5.74, 6) is 2.28. The molecule has 1 amide bonds. The van der Waals surface area contributed by atoms with Crippen LogP contribution in [0.3, 0.4) is 0 Å². The molecule has 1 saturated heterocycles. The summed E-state index contributed by atoms with van der Waals surface area (Å²) < 4.78 is 0. The Balaban J connectivity index is 1.36. The molecule has 1 aliphatic heterocycles. The van der Waals surface area contributed by atoms with Gasteiger partial charge in [0.2, 0.25) is 5.91 Å². The van der Waals surface area contributed by atoms with E-state index in [0.29, 0.717) is 17.7 Å². The van der Waals surface area contributed by atoms with E-state index in [2.05, 4.69) is 15.9 Å². The third kappa shape index (κ3) is 2.60. The monoisotopic (exact) mass is 318 g/mol. The van der Waals surface area contributed by atoms with Crippen molar-refractivity contribution in [1.82, 2.24) is 4.90 Å². The van der Waals surface area contributed by atoms with Crippen molar-refractivity contribution in [2.24, 2.45) is 17.8 Å². The number of carbonyl (C=O) groups is 1. The number of amides is 1. The van der Waals surface area contributed by atoms with Gasteiger partial charge in [0.1, 0.15) is 0 Å². The van der Waals surface area contributed by atoms with Crippen LogP contribution in [0.2, 0.25) is 5.02 Å². The number of fused-ring (bicyclic) bond motifs is 2. The molecular formula is C18H23ClN2O. The fourth-order valence-corrected chi connectivity index (χ4v) is 4.82. The van der Waals surface area contributed by atoms with Gasteiger partial charge in [-0.25, -0.2) is 0 Å². The second-order valence-electron chi connectivity index (χ2n) is 7.07. The summed E-state index contributed by atoms with van der Waals surface area (Å²) in [6.07, 6.45) is 5.09. The first kappa shape index (κ1) is 14.4. The van der Waals surface area contributed by atoms with Crippen molar-refractivity contribution < 1.29 is 4.79 Å². The highest BCUT2D eigenvalue weighted by atomic mass is 35.5. The molecule has 3 aliphatic rings. The zero-order chi connectivity index (χ0) is 15.1. The molecule has 3 fully saturated rings. The first-order chi connectivity index (χ1) is 10.7. The van der Waals surface area contributed by atoms with Gasteiger partial charge in [0, 0.05) is 42.8 Å². The first-order valence-corrected chi connectivity index (χ1v) is 8.88. The summed E-state index contributed by atoms with van der Waals surface area (Å²) in [5.41, 5.74) is 1.17. The van der Waals surface area contributed by atoms with Crippen molar-refractivity contribution in [1.29, 1.82) is 0 Å². The number of rotatable bonds is 2. The Kier molecular flexibility index (Phi) is 3.77. The summed E-state index contributed by atoms with van der Waals surface area (Å²) in [6.45, 7) is 3.51. The molecule has 3 atom stereocenters. The van der Waals surface area contributed by atoms with Crippen molar-refractivity contribution in [2.75, 3.05) is 31.1 Å². The molecule has 4 heteroatoms. The van der Waals surface area contributed by atoms with Crippen LogP contribution in [0.1, 0.15) is 25.7 Å². The molecule has 2 bridgehead atoms. The predicted molar refractivity (Wildman–Crippen MR) is 89.2 cm³/mol. The number of hydrogen-bond acceptors (Lipinski definition) is 2. The molecule has 0 spiro atoms. The van der Waals surface area contributed by atoms with E-state index in [1.54, 1.807) is 0 Å². The molecule has 22 heavy (non-hydrogen) atoms. The summed E-state index contributed by atoms with van der Waals surface area (Å²) in [6, 6.07) is 8.00. The van der Waals surface area contributed by atoms with Crippen molar-refractivity contribution in [3.05, 3.63) is 29.3 Å². The Bertz CT molecular complexity index is 568. The SMILES string of the molecule is O=C([C@@H]1C[C@@H]2CC[C@H]1C2)N1CCN(c2cccc(Cl)c2)CC1. The van der Waals surface area contributed by atoms with Crippen LogP contribution in [0.4, 0.5) is 5.69 Å². The minimum Gasteiger partial charge on any atom is -0.368 e. The largest absolute Gasteiger partial charge is 0.368 e. The lowest BCUT2D eigenvalue weighted by Crippen LogP contribution is -2.51. The van der Waals surface area contributed by atoms with E-state index in [0.717, 1.165) is 43.5 Å². The molecule has 118 valence electrons. The van der Waals surface area contributed by atoms with Gasteiger partial charge in [-0.2, -0.15) is 0 Å². The quantitative estimate of drug-likeness (QED) is 0.834. The van der Waals surface area contributed by atoms with Crippen LogP contribution in [-0.2, 0) is 4.79 Å². The van der Waals surface area contributed by atoms with Crippen LogP contribution in [0.15, 0.2) is 24.3 Å². The van der Waals surface area contributed by atoms with Gasteiger partial charge in [0.25, 0.3) is 0 Å². The smallest absolute Gasteiger partial charge is 0.226 e. The zero-order valence-electron chi connectivity index (χ0n) is 12.9.